The summed E-state index contributed by atoms with van der Waals surface area (Å²) in [5.74, 6) is 0. The molecule has 10 rings (SSSR count). The van der Waals surface area contributed by atoms with Crippen molar-refractivity contribution in [3.8, 4) is 39.1 Å². The summed E-state index contributed by atoms with van der Waals surface area (Å²) in [5, 5.41) is 10.2. The van der Waals surface area contributed by atoms with Crippen molar-refractivity contribution in [1.82, 2.24) is 9.55 Å². The Labute approximate surface area is 248 Å². The van der Waals surface area contributed by atoms with Crippen molar-refractivity contribution < 1.29 is 0 Å². The summed E-state index contributed by atoms with van der Waals surface area (Å²) in [6.45, 7) is 0. The third kappa shape index (κ3) is 3.10. The van der Waals surface area contributed by atoms with Crippen LogP contribution in [0.5, 0.6) is 0 Å². The maximum Gasteiger partial charge on any atom is 0.0645 e. The van der Waals surface area contributed by atoms with Gasteiger partial charge in [-0.25, -0.2) is 0 Å². The summed E-state index contributed by atoms with van der Waals surface area (Å²) in [4.78, 5) is 4.47. The molecule has 0 saturated heterocycles. The van der Waals surface area contributed by atoms with E-state index in [1.807, 2.05) is 18.5 Å². The molecule has 9 aromatic rings. The summed E-state index contributed by atoms with van der Waals surface area (Å²) in [6.07, 6.45) is 3.79. The number of nitrogens with zero attached hydrogens (tertiary/aromatic N) is 2. The van der Waals surface area contributed by atoms with Gasteiger partial charge >= 0.3 is 0 Å². The van der Waals surface area contributed by atoms with Gasteiger partial charge in [0.15, 0.2) is 0 Å². The number of fused-ring (bicyclic) bond motifs is 9. The number of hydrogen-bond acceptors (Lipinski definition) is 1. The second-order valence-corrected chi connectivity index (χ2v) is 11.6. The van der Waals surface area contributed by atoms with Crippen LogP contribution in [0.15, 0.2) is 146 Å². The molecule has 0 bridgehead atoms. The van der Waals surface area contributed by atoms with Gasteiger partial charge in [0.05, 0.1) is 22.9 Å². The Bertz CT molecular complexity index is 2560. The molecule has 0 unspecified atom stereocenters. The molecule has 0 spiro atoms. The number of hydrogen-bond donors (Lipinski definition) is 0. The fraction of sp³-hybridized carbons (Fsp3) is 0. The lowest BCUT2D eigenvalue weighted by molar-refractivity contribution is 1.15. The lowest BCUT2D eigenvalue weighted by Crippen LogP contribution is -1.95. The van der Waals surface area contributed by atoms with Gasteiger partial charge in [0, 0.05) is 22.4 Å². The third-order valence-electron chi connectivity index (χ3n) is 9.37. The highest BCUT2D eigenvalue weighted by atomic mass is 15.0. The molecule has 2 heterocycles. The number of aromatic nitrogens is 2. The van der Waals surface area contributed by atoms with E-state index in [-0.39, 0.29) is 0 Å². The standard InChI is InChI=1S/C41H24N2/c1-2-9-27-22-37-34-18-17-30(32-12-5-13-33(40(32)34)36(37)21-26(27)8-1)28-15-19-39-38(23-28)35-16-14-25-7-3-4-11-31(25)41(35)43(39)29-10-6-20-42-24-29/h1-24H. The van der Waals surface area contributed by atoms with Gasteiger partial charge in [-0.3, -0.25) is 4.98 Å². The highest BCUT2D eigenvalue weighted by Crippen LogP contribution is 2.50. The van der Waals surface area contributed by atoms with Crippen molar-refractivity contribution >= 4 is 54.1 Å². The van der Waals surface area contributed by atoms with Crippen molar-refractivity contribution in [2.75, 3.05) is 0 Å². The monoisotopic (exact) mass is 544 g/mol. The first-order valence-corrected chi connectivity index (χ1v) is 14.8. The van der Waals surface area contributed by atoms with E-state index < -0.39 is 0 Å². The topological polar surface area (TPSA) is 17.8 Å². The van der Waals surface area contributed by atoms with E-state index in [1.54, 1.807) is 0 Å². The van der Waals surface area contributed by atoms with E-state index >= 15 is 0 Å². The van der Waals surface area contributed by atoms with Crippen LogP contribution in [0.25, 0.3) is 93.2 Å². The van der Waals surface area contributed by atoms with Crippen molar-refractivity contribution in [3.05, 3.63) is 146 Å². The molecule has 198 valence electrons. The van der Waals surface area contributed by atoms with Gasteiger partial charge in [0.1, 0.15) is 0 Å². The Morgan fingerprint density at radius 2 is 1.19 bits per heavy atom. The zero-order valence-electron chi connectivity index (χ0n) is 23.3. The van der Waals surface area contributed by atoms with Crippen LogP contribution in [0.4, 0.5) is 0 Å². The molecular formula is C41H24N2. The molecule has 2 aromatic heterocycles. The smallest absolute Gasteiger partial charge is 0.0645 e. The number of rotatable bonds is 2. The van der Waals surface area contributed by atoms with E-state index in [4.69, 9.17) is 0 Å². The maximum absolute atomic E-state index is 4.47. The van der Waals surface area contributed by atoms with Crippen molar-refractivity contribution in [1.29, 1.82) is 0 Å². The van der Waals surface area contributed by atoms with E-state index in [0.717, 1.165) is 5.69 Å². The van der Waals surface area contributed by atoms with Gasteiger partial charge in [-0.2, -0.15) is 0 Å². The van der Waals surface area contributed by atoms with Crippen molar-refractivity contribution in [2.45, 2.75) is 0 Å². The normalized spacial score (nSPS) is 12.2. The summed E-state index contributed by atoms with van der Waals surface area (Å²) in [5.41, 5.74) is 11.3. The average Bonchev–Trinajstić information content (AvgIpc) is 3.57. The van der Waals surface area contributed by atoms with Crippen LogP contribution in [0.1, 0.15) is 0 Å². The Morgan fingerprint density at radius 3 is 2.00 bits per heavy atom. The van der Waals surface area contributed by atoms with Crippen LogP contribution in [0, 0.1) is 0 Å². The molecule has 43 heavy (non-hydrogen) atoms. The lowest BCUT2D eigenvalue weighted by atomic mass is 9.93. The van der Waals surface area contributed by atoms with Crippen LogP contribution in [0.3, 0.4) is 0 Å². The Balaban J connectivity index is 1.25. The molecule has 0 atom stereocenters. The Morgan fingerprint density at radius 1 is 0.442 bits per heavy atom. The van der Waals surface area contributed by atoms with Gasteiger partial charge < -0.3 is 4.57 Å². The van der Waals surface area contributed by atoms with Gasteiger partial charge in [0.25, 0.3) is 0 Å². The molecule has 0 radical (unpaired) electrons. The number of pyridine rings is 1. The molecule has 0 saturated carbocycles. The molecule has 0 amide bonds. The van der Waals surface area contributed by atoms with Crippen LogP contribution < -0.4 is 0 Å². The molecule has 2 heteroatoms. The second kappa shape index (κ2) is 8.40. The van der Waals surface area contributed by atoms with Crippen LogP contribution in [-0.4, -0.2) is 9.55 Å². The summed E-state index contributed by atoms with van der Waals surface area (Å²) in [7, 11) is 0. The zero-order chi connectivity index (χ0) is 28.1. The van der Waals surface area contributed by atoms with Gasteiger partial charge in [-0.15, -0.1) is 0 Å². The molecule has 0 fully saturated rings. The Hall–Kier alpha value is -5.73. The van der Waals surface area contributed by atoms with Crippen molar-refractivity contribution in [2.24, 2.45) is 0 Å². The van der Waals surface area contributed by atoms with Gasteiger partial charge in [-0.1, -0.05) is 97.1 Å². The lowest BCUT2D eigenvalue weighted by Gasteiger charge is -2.11. The fourth-order valence-corrected chi connectivity index (χ4v) is 7.50. The molecule has 2 nitrogen and oxygen atoms in total. The average molecular weight is 545 g/mol. The predicted octanol–water partition coefficient (Wildman–Crippen LogP) is 11.0. The molecule has 1 aliphatic rings. The zero-order valence-corrected chi connectivity index (χ0v) is 23.3. The minimum absolute atomic E-state index is 1.07. The molecule has 0 N–H and O–H groups in total. The summed E-state index contributed by atoms with van der Waals surface area (Å²) < 4.78 is 2.37. The fourth-order valence-electron chi connectivity index (χ4n) is 7.50. The minimum atomic E-state index is 1.07. The first kappa shape index (κ1) is 22.9. The molecule has 0 aliphatic heterocycles. The predicted molar refractivity (Wildman–Crippen MR) is 181 cm³/mol. The second-order valence-electron chi connectivity index (χ2n) is 11.6. The number of benzene rings is 7. The SMILES string of the molecule is c1cncc(-n2c3ccc(-c4ccc5c6c(cccc46)-c4cc6ccccc6cc4-5)cc3c3ccc4ccccc4c32)c1. The quantitative estimate of drug-likeness (QED) is 0.212. The van der Waals surface area contributed by atoms with Gasteiger partial charge in [0.2, 0.25) is 0 Å². The highest BCUT2D eigenvalue weighted by Gasteiger charge is 2.24. The van der Waals surface area contributed by atoms with E-state index in [1.165, 1.54) is 87.5 Å². The first-order valence-electron chi connectivity index (χ1n) is 14.8. The molecule has 7 aromatic carbocycles. The van der Waals surface area contributed by atoms with E-state index in [9.17, 15) is 0 Å². The van der Waals surface area contributed by atoms with Crippen LogP contribution in [0.2, 0.25) is 0 Å². The molecular weight excluding hydrogens is 520 g/mol. The maximum atomic E-state index is 4.47. The summed E-state index contributed by atoms with van der Waals surface area (Å²) in [6, 6.07) is 49.2. The van der Waals surface area contributed by atoms with Crippen LogP contribution in [-0.2, 0) is 0 Å². The Kier molecular flexibility index (Phi) is 4.48. The largest absolute Gasteiger partial charge is 0.307 e. The van der Waals surface area contributed by atoms with Crippen LogP contribution >= 0.6 is 0 Å². The highest BCUT2D eigenvalue weighted by molar-refractivity contribution is 6.22. The van der Waals surface area contributed by atoms with Crippen molar-refractivity contribution in [3.63, 3.8) is 0 Å². The third-order valence-corrected chi connectivity index (χ3v) is 9.37. The summed E-state index contributed by atoms with van der Waals surface area (Å²) >= 11 is 0. The minimum Gasteiger partial charge on any atom is -0.307 e. The molecule has 1 aliphatic carbocycles. The van der Waals surface area contributed by atoms with E-state index in [2.05, 4.69) is 137 Å². The van der Waals surface area contributed by atoms with E-state index in [0.29, 0.717) is 0 Å². The first-order chi connectivity index (χ1) is 21.3. The van der Waals surface area contributed by atoms with Gasteiger partial charge in [-0.05, 0) is 96.7 Å².